The number of alkyl halides is 3. The second kappa shape index (κ2) is 5.34. The van der Waals surface area contributed by atoms with Crippen molar-refractivity contribution in [3.8, 4) is 0 Å². The van der Waals surface area contributed by atoms with Crippen molar-refractivity contribution in [1.82, 2.24) is 9.55 Å². The maximum absolute atomic E-state index is 12.3. The third-order valence-corrected chi connectivity index (χ3v) is 2.96. The Morgan fingerprint density at radius 2 is 2.11 bits per heavy atom. The van der Waals surface area contributed by atoms with E-state index >= 15 is 0 Å². The Hall–Kier alpha value is -1.34. The summed E-state index contributed by atoms with van der Waals surface area (Å²) in [5.41, 5.74) is 0.675. The van der Waals surface area contributed by atoms with Gasteiger partial charge >= 0.3 is 6.18 Å². The Balaban J connectivity index is 2.14. The molecular weight excluding hydrogens is 325 g/mol. The summed E-state index contributed by atoms with van der Waals surface area (Å²) in [4.78, 5) is 3.97. The number of rotatable bonds is 3. The van der Waals surface area contributed by atoms with Crippen LogP contribution in [0.1, 0.15) is 17.2 Å². The van der Waals surface area contributed by atoms with E-state index in [4.69, 9.17) is 5.11 Å². The lowest BCUT2D eigenvalue weighted by molar-refractivity contribution is -0.206. The Morgan fingerprint density at radius 1 is 1.37 bits per heavy atom. The molecule has 2 aromatic heterocycles. The fourth-order valence-corrected chi connectivity index (χ4v) is 2.07. The van der Waals surface area contributed by atoms with Crippen molar-refractivity contribution >= 4 is 15.9 Å². The summed E-state index contributed by atoms with van der Waals surface area (Å²) in [6.45, 7) is 0.386. The van der Waals surface area contributed by atoms with E-state index in [-0.39, 0.29) is 5.56 Å². The van der Waals surface area contributed by atoms with Crippen LogP contribution < -0.4 is 0 Å². The molecular formula is C12H10BrF3N2O. The molecule has 0 aliphatic carbocycles. The lowest BCUT2D eigenvalue weighted by atomic mass is 10.2. The number of pyridine rings is 1. The highest BCUT2D eigenvalue weighted by molar-refractivity contribution is 9.10. The van der Waals surface area contributed by atoms with Gasteiger partial charge in [0.1, 0.15) is 0 Å². The third kappa shape index (κ3) is 3.57. The van der Waals surface area contributed by atoms with E-state index in [1.165, 1.54) is 18.5 Å². The molecule has 0 aromatic carbocycles. The molecule has 1 atom stereocenters. The van der Waals surface area contributed by atoms with Crippen molar-refractivity contribution in [2.75, 3.05) is 0 Å². The standard InChI is InChI=1S/C12H10BrF3N2O/c13-10-3-8(4-17-5-10)6-18-2-1-9(7-18)11(19)12(14,15)16/h1-5,7,11,19H,6H2. The average Bonchev–Trinajstić information content (AvgIpc) is 2.75. The van der Waals surface area contributed by atoms with E-state index in [9.17, 15) is 13.2 Å². The minimum Gasteiger partial charge on any atom is -0.379 e. The lowest BCUT2D eigenvalue weighted by Gasteiger charge is -2.12. The summed E-state index contributed by atoms with van der Waals surface area (Å²) < 4.78 is 39.4. The number of nitrogens with zero attached hydrogens (tertiary/aromatic N) is 2. The normalized spacial score (nSPS) is 13.5. The van der Waals surface area contributed by atoms with Gasteiger partial charge in [-0.25, -0.2) is 0 Å². The van der Waals surface area contributed by atoms with Crippen molar-refractivity contribution in [1.29, 1.82) is 0 Å². The first-order chi connectivity index (χ1) is 8.86. The quantitative estimate of drug-likeness (QED) is 0.935. The molecule has 0 fully saturated rings. The average molecular weight is 335 g/mol. The maximum Gasteiger partial charge on any atom is 0.418 e. The summed E-state index contributed by atoms with van der Waals surface area (Å²) in [6, 6.07) is 3.08. The molecule has 102 valence electrons. The van der Waals surface area contributed by atoms with Crippen molar-refractivity contribution < 1.29 is 18.3 Å². The van der Waals surface area contributed by atoms with Gasteiger partial charge in [0.05, 0.1) is 0 Å². The molecule has 0 radical (unpaired) electrons. The highest BCUT2D eigenvalue weighted by Crippen LogP contribution is 2.32. The number of aromatic nitrogens is 2. The number of aliphatic hydroxyl groups excluding tert-OH is 1. The predicted molar refractivity (Wildman–Crippen MR) is 66.5 cm³/mol. The largest absolute Gasteiger partial charge is 0.418 e. The molecule has 0 aliphatic heterocycles. The van der Waals surface area contributed by atoms with Gasteiger partial charge in [-0.1, -0.05) is 0 Å². The molecule has 0 saturated heterocycles. The van der Waals surface area contributed by atoms with Crippen LogP contribution in [0.4, 0.5) is 13.2 Å². The highest BCUT2D eigenvalue weighted by atomic mass is 79.9. The minimum absolute atomic E-state index is 0.171. The fourth-order valence-electron chi connectivity index (χ4n) is 1.66. The zero-order valence-electron chi connectivity index (χ0n) is 9.60. The second-order valence-electron chi connectivity index (χ2n) is 4.07. The van der Waals surface area contributed by atoms with E-state index < -0.39 is 12.3 Å². The molecule has 19 heavy (non-hydrogen) atoms. The van der Waals surface area contributed by atoms with Gasteiger partial charge in [-0.15, -0.1) is 0 Å². The van der Waals surface area contributed by atoms with E-state index in [1.54, 1.807) is 17.0 Å². The van der Waals surface area contributed by atoms with Crippen LogP contribution in [0, 0.1) is 0 Å². The summed E-state index contributed by atoms with van der Waals surface area (Å²) in [5.74, 6) is 0. The zero-order valence-corrected chi connectivity index (χ0v) is 11.2. The van der Waals surface area contributed by atoms with Crippen LogP contribution in [-0.4, -0.2) is 20.8 Å². The maximum atomic E-state index is 12.3. The van der Waals surface area contributed by atoms with Gasteiger partial charge in [0.2, 0.25) is 0 Å². The molecule has 2 heterocycles. The topological polar surface area (TPSA) is 38.0 Å². The zero-order chi connectivity index (χ0) is 14.0. The van der Waals surface area contributed by atoms with E-state index in [1.807, 2.05) is 6.07 Å². The highest BCUT2D eigenvalue weighted by Gasteiger charge is 2.39. The molecule has 7 heteroatoms. The first-order valence-electron chi connectivity index (χ1n) is 5.36. The summed E-state index contributed by atoms with van der Waals surface area (Å²) in [6.07, 6.45) is -1.08. The molecule has 2 rings (SSSR count). The molecule has 3 nitrogen and oxygen atoms in total. The van der Waals surface area contributed by atoms with Crippen LogP contribution in [0.3, 0.4) is 0 Å². The molecule has 0 saturated carbocycles. The first kappa shape index (κ1) is 14.1. The molecule has 1 N–H and O–H groups in total. The van der Waals surface area contributed by atoms with Crippen LogP contribution in [0.25, 0.3) is 0 Å². The number of hydrogen-bond donors (Lipinski definition) is 1. The summed E-state index contributed by atoms with van der Waals surface area (Å²) in [7, 11) is 0. The molecule has 2 aromatic rings. The summed E-state index contributed by atoms with van der Waals surface area (Å²) >= 11 is 3.27. The van der Waals surface area contributed by atoms with E-state index in [0.717, 1.165) is 10.0 Å². The molecule has 0 bridgehead atoms. The van der Waals surface area contributed by atoms with Crippen LogP contribution in [-0.2, 0) is 6.54 Å². The predicted octanol–water partition coefficient (Wildman–Crippen LogP) is 3.29. The molecule has 0 amide bonds. The van der Waals surface area contributed by atoms with E-state index in [2.05, 4.69) is 20.9 Å². The number of halogens is 4. The van der Waals surface area contributed by atoms with Gasteiger partial charge in [0.15, 0.2) is 6.10 Å². The van der Waals surface area contributed by atoms with Crippen LogP contribution in [0.5, 0.6) is 0 Å². The molecule has 1 unspecified atom stereocenters. The van der Waals surface area contributed by atoms with Gasteiger partial charge in [0.25, 0.3) is 0 Å². The van der Waals surface area contributed by atoms with Gasteiger partial charge in [-0.3, -0.25) is 4.98 Å². The van der Waals surface area contributed by atoms with Crippen LogP contribution in [0.15, 0.2) is 41.4 Å². The first-order valence-corrected chi connectivity index (χ1v) is 6.15. The molecule has 0 aliphatic rings. The minimum atomic E-state index is -4.65. The van der Waals surface area contributed by atoms with Crippen molar-refractivity contribution in [3.05, 3.63) is 52.5 Å². The van der Waals surface area contributed by atoms with Crippen molar-refractivity contribution in [2.24, 2.45) is 0 Å². The smallest absolute Gasteiger partial charge is 0.379 e. The second-order valence-corrected chi connectivity index (χ2v) is 4.99. The van der Waals surface area contributed by atoms with Gasteiger partial charge in [-0.2, -0.15) is 13.2 Å². The Labute approximate surface area is 115 Å². The SMILES string of the molecule is OC(c1ccn(Cc2cncc(Br)c2)c1)C(F)(F)F. The van der Waals surface area contributed by atoms with Crippen LogP contribution >= 0.6 is 15.9 Å². The number of aliphatic hydroxyl groups is 1. The Bertz CT molecular complexity index is 568. The Morgan fingerprint density at radius 3 is 2.74 bits per heavy atom. The lowest BCUT2D eigenvalue weighted by Crippen LogP contribution is -2.19. The monoisotopic (exact) mass is 334 g/mol. The number of hydrogen-bond acceptors (Lipinski definition) is 2. The molecule has 0 spiro atoms. The summed E-state index contributed by atoms with van der Waals surface area (Å²) in [5, 5.41) is 9.12. The Kier molecular flexibility index (Phi) is 3.96. The fraction of sp³-hybridized carbons (Fsp3) is 0.250. The van der Waals surface area contributed by atoms with Crippen molar-refractivity contribution in [2.45, 2.75) is 18.8 Å². The third-order valence-electron chi connectivity index (χ3n) is 2.53. The van der Waals surface area contributed by atoms with Crippen molar-refractivity contribution in [3.63, 3.8) is 0 Å². The van der Waals surface area contributed by atoms with E-state index in [0.29, 0.717) is 6.54 Å². The van der Waals surface area contributed by atoms with Gasteiger partial charge in [0, 0.05) is 41.4 Å². The van der Waals surface area contributed by atoms with Crippen LogP contribution in [0.2, 0.25) is 0 Å². The van der Waals surface area contributed by atoms with Gasteiger partial charge < -0.3 is 9.67 Å². The van der Waals surface area contributed by atoms with Gasteiger partial charge in [-0.05, 0) is 33.6 Å².